The average Bonchev–Trinajstić information content (AvgIpc) is 2.59. The minimum absolute atomic E-state index is 0. The van der Waals surface area contributed by atoms with Gasteiger partial charge in [-0.25, -0.2) is 0 Å². The van der Waals surface area contributed by atoms with Crippen LogP contribution in [-0.2, 0) is 11.3 Å². The van der Waals surface area contributed by atoms with E-state index in [-0.39, 0.29) is 24.0 Å². The molecule has 2 N–H and O–H groups in total. The van der Waals surface area contributed by atoms with Crippen molar-refractivity contribution in [1.82, 2.24) is 10.6 Å². The standard InChI is InChI=1S/C18H30N4O.HI/c1-14(2)15(3)21-18(19-4)20-13-16-5-7-17(8-6-16)22-9-11-23-12-10-22;/h5-8,14-15H,9-13H2,1-4H3,(H2,19,20,21);1H. The van der Waals surface area contributed by atoms with Crippen LogP contribution in [0.3, 0.4) is 0 Å². The maximum Gasteiger partial charge on any atom is 0.191 e. The minimum atomic E-state index is 0. The molecule has 1 saturated heterocycles. The van der Waals surface area contributed by atoms with Gasteiger partial charge in [0, 0.05) is 38.4 Å². The lowest BCUT2D eigenvalue weighted by molar-refractivity contribution is 0.122. The van der Waals surface area contributed by atoms with Crippen LogP contribution in [0.1, 0.15) is 26.3 Å². The van der Waals surface area contributed by atoms with E-state index in [2.05, 4.69) is 65.6 Å². The summed E-state index contributed by atoms with van der Waals surface area (Å²) in [5.74, 6) is 1.42. The highest BCUT2D eigenvalue weighted by Gasteiger charge is 2.11. The highest BCUT2D eigenvalue weighted by Crippen LogP contribution is 2.16. The van der Waals surface area contributed by atoms with Crippen molar-refractivity contribution in [3.63, 3.8) is 0 Å². The Morgan fingerprint density at radius 1 is 1.17 bits per heavy atom. The Morgan fingerprint density at radius 2 is 1.79 bits per heavy atom. The number of aliphatic imine (C=N–C) groups is 1. The lowest BCUT2D eigenvalue weighted by atomic mass is 10.1. The molecule has 6 heteroatoms. The number of morpholine rings is 1. The van der Waals surface area contributed by atoms with Crippen molar-refractivity contribution < 1.29 is 4.74 Å². The summed E-state index contributed by atoms with van der Waals surface area (Å²) in [5.41, 5.74) is 2.52. The molecule has 1 aromatic carbocycles. The van der Waals surface area contributed by atoms with Crippen LogP contribution in [0.4, 0.5) is 5.69 Å². The zero-order chi connectivity index (χ0) is 16.7. The molecule has 1 aliphatic heterocycles. The molecule has 0 amide bonds. The molecule has 5 nitrogen and oxygen atoms in total. The van der Waals surface area contributed by atoms with Crippen molar-refractivity contribution in [3.05, 3.63) is 29.8 Å². The Balaban J connectivity index is 0.00000288. The normalized spacial score (nSPS) is 16.5. The van der Waals surface area contributed by atoms with Crippen LogP contribution < -0.4 is 15.5 Å². The number of nitrogens with zero attached hydrogens (tertiary/aromatic N) is 2. The maximum absolute atomic E-state index is 5.40. The first-order valence-electron chi connectivity index (χ1n) is 8.49. The predicted molar refractivity (Wildman–Crippen MR) is 113 cm³/mol. The largest absolute Gasteiger partial charge is 0.378 e. The molecule has 1 atom stereocenters. The van der Waals surface area contributed by atoms with Gasteiger partial charge in [0.05, 0.1) is 13.2 Å². The molecule has 0 aliphatic carbocycles. The third kappa shape index (κ3) is 6.47. The topological polar surface area (TPSA) is 48.9 Å². The molecular formula is C18H31IN4O. The van der Waals surface area contributed by atoms with Gasteiger partial charge in [0.1, 0.15) is 0 Å². The van der Waals surface area contributed by atoms with Crippen LogP contribution in [0.15, 0.2) is 29.3 Å². The van der Waals surface area contributed by atoms with Gasteiger partial charge in [0.25, 0.3) is 0 Å². The highest BCUT2D eigenvalue weighted by atomic mass is 127. The zero-order valence-electron chi connectivity index (χ0n) is 15.2. The van der Waals surface area contributed by atoms with Crippen LogP contribution in [-0.4, -0.2) is 45.4 Å². The fourth-order valence-corrected chi connectivity index (χ4v) is 2.41. The first-order valence-corrected chi connectivity index (χ1v) is 8.49. The van der Waals surface area contributed by atoms with E-state index in [4.69, 9.17) is 4.74 Å². The predicted octanol–water partition coefficient (Wildman–Crippen LogP) is 2.85. The number of guanidine groups is 1. The van der Waals surface area contributed by atoms with Gasteiger partial charge in [-0.05, 0) is 30.5 Å². The number of ether oxygens (including phenoxy) is 1. The minimum Gasteiger partial charge on any atom is -0.378 e. The Bertz CT molecular complexity index is 498. The molecule has 24 heavy (non-hydrogen) atoms. The van der Waals surface area contributed by atoms with Gasteiger partial charge in [-0.1, -0.05) is 26.0 Å². The van der Waals surface area contributed by atoms with E-state index in [0.29, 0.717) is 12.0 Å². The number of nitrogens with one attached hydrogen (secondary N) is 2. The summed E-state index contributed by atoms with van der Waals surface area (Å²) in [4.78, 5) is 6.66. The second-order valence-corrected chi connectivity index (χ2v) is 6.37. The molecule has 0 bridgehead atoms. The molecule has 136 valence electrons. The summed E-state index contributed by atoms with van der Waals surface area (Å²) >= 11 is 0. The van der Waals surface area contributed by atoms with Crippen LogP contribution in [0, 0.1) is 5.92 Å². The Hall–Kier alpha value is -1.02. The Labute approximate surface area is 163 Å². The molecule has 0 radical (unpaired) electrons. The van der Waals surface area contributed by atoms with Crippen LogP contribution >= 0.6 is 24.0 Å². The average molecular weight is 446 g/mol. The molecule has 1 heterocycles. The lowest BCUT2D eigenvalue weighted by Crippen LogP contribution is -2.43. The summed E-state index contributed by atoms with van der Waals surface area (Å²) in [6.45, 7) is 10.9. The summed E-state index contributed by atoms with van der Waals surface area (Å²) in [7, 11) is 1.81. The molecule has 2 rings (SSSR count). The van der Waals surface area contributed by atoms with E-state index < -0.39 is 0 Å². The monoisotopic (exact) mass is 446 g/mol. The third-order valence-electron chi connectivity index (χ3n) is 4.36. The third-order valence-corrected chi connectivity index (χ3v) is 4.36. The quantitative estimate of drug-likeness (QED) is 0.415. The van der Waals surface area contributed by atoms with Gasteiger partial charge >= 0.3 is 0 Å². The number of anilines is 1. The molecule has 0 saturated carbocycles. The van der Waals surface area contributed by atoms with Crippen molar-refractivity contribution >= 4 is 35.6 Å². The van der Waals surface area contributed by atoms with Crippen molar-refractivity contribution in [2.45, 2.75) is 33.4 Å². The van der Waals surface area contributed by atoms with Crippen LogP contribution in [0.5, 0.6) is 0 Å². The highest BCUT2D eigenvalue weighted by molar-refractivity contribution is 14.0. The maximum atomic E-state index is 5.40. The van der Waals surface area contributed by atoms with Gasteiger partial charge in [-0.3, -0.25) is 4.99 Å². The van der Waals surface area contributed by atoms with Gasteiger partial charge in [0.15, 0.2) is 5.96 Å². The summed E-state index contributed by atoms with van der Waals surface area (Å²) < 4.78 is 5.40. The van der Waals surface area contributed by atoms with E-state index in [1.807, 2.05) is 7.05 Å². The molecule has 0 spiro atoms. The van der Waals surface area contributed by atoms with Crippen molar-refractivity contribution in [2.24, 2.45) is 10.9 Å². The van der Waals surface area contributed by atoms with Gasteiger partial charge in [-0.15, -0.1) is 24.0 Å². The first-order chi connectivity index (χ1) is 11.1. The molecule has 1 aliphatic rings. The fourth-order valence-electron chi connectivity index (χ4n) is 2.41. The fraction of sp³-hybridized carbons (Fsp3) is 0.611. The molecular weight excluding hydrogens is 415 g/mol. The number of benzene rings is 1. The number of halogens is 1. The molecule has 1 aromatic rings. The summed E-state index contributed by atoms with van der Waals surface area (Å²) in [6, 6.07) is 9.13. The van der Waals surface area contributed by atoms with E-state index in [9.17, 15) is 0 Å². The molecule has 1 fully saturated rings. The lowest BCUT2D eigenvalue weighted by Gasteiger charge is -2.29. The zero-order valence-corrected chi connectivity index (χ0v) is 17.5. The van der Waals surface area contributed by atoms with Crippen molar-refractivity contribution in [3.8, 4) is 0 Å². The Kier molecular flexibility index (Phi) is 9.43. The Morgan fingerprint density at radius 3 is 2.33 bits per heavy atom. The van der Waals surface area contributed by atoms with Crippen LogP contribution in [0.25, 0.3) is 0 Å². The smallest absolute Gasteiger partial charge is 0.191 e. The summed E-state index contributed by atoms with van der Waals surface area (Å²) in [6.07, 6.45) is 0. The van der Waals surface area contributed by atoms with Gasteiger partial charge in [0.2, 0.25) is 0 Å². The molecule has 1 unspecified atom stereocenters. The molecule has 0 aromatic heterocycles. The number of rotatable bonds is 5. The second kappa shape index (κ2) is 10.8. The summed E-state index contributed by atoms with van der Waals surface area (Å²) in [5, 5.41) is 6.79. The van der Waals surface area contributed by atoms with Crippen molar-refractivity contribution in [1.29, 1.82) is 0 Å². The van der Waals surface area contributed by atoms with Crippen LogP contribution in [0.2, 0.25) is 0 Å². The van der Waals surface area contributed by atoms with Crippen molar-refractivity contribution in [2.75, 3.05) is 38.3 Å². The number of hydrogen-bond acceptors (Lipinski definition) is 3. The SMILES string of the molecule is CN=C(NCc1ccc(N2CCOCC2)cc1)NC(C)C(C)C.I. The van der Waals surface area contributed by atoms with E-state index >= 15 is 0 Å². The van der Waals surface area contributed by atoms with E-state index in [1.54, 1.807) is 0 Å². The van der Waals surface area contributed by atoms with Gasteiger partial charge in [-0.2, -0.15) is 0 Å². The van der Waals surface area contributed by atoms with Gasteiger partial charge < -0.3 is 20.3 Å². The van der Waals surface area contributed by atoms with E-state index in [0.717, 1.165) is 38.8 Å². The second-order valence-electron chi connectivity index (χ2n) is 6.37. The first kappa shape index (κ1) is 21.0. The number of hydrogen-bond donors (Lipinski definition) is 2. The van der Waals surface area contributed by atoms with E-state index in [1.165, 1.54) is 11.3 Å².